The molecule has 0 saturated heterocycles. The van der Waals surface area contributed by atoms with Crippen molar-refractivity contribution >= 4 is 11.3 Å². The average molecular weight is 275 g/mol. The third-order valence-electron chi connectivity index (χ3n) is 6.40. The molecule has 4 aliphatic carbocycles. The molecule has 104 valence electrons. The van der Waals surface area contributed by atoms with Gasteiger partial charge in [-0.05, 0) is 73.1 Å². The van der Waals surface area contributed by atoms with Crippen LogP contribution >= 0.6 is 11.3 Å². The first-order valence-corrected chi connectivity index (χ1v) is 8.90. The highest BCUT2D eigenvalue weighted by molar-refractivity contribution is 7.10. The summed E-state index contributed by atoms with van der Waals surface area (Å²) < 4.78 is 0. The Morgan fingerprint density at radius 3 is 2.63 bits per heavy atom. The molecule has 0 aliphatic heterocycles. The Morgan fingerprint density at radius 2 is 2.05 bits per heavy atom. The van der Waals surface area contributed by atoms with Crippen LogP contribution in [0, 0.1) is 23.2 Å². The highest BCUT2D eigenvalue weighted by Gasteiger charge is 2.59. The van der Waals surface area contributed by atoms with Gasteiger partial charge in [-0.2, -0.15) is 0 Å². The molecule has 19 heavy (non-hydrogen) atoms. The predicted octanol–water partition coefficient (Wildman–Crippen LogP) is 4.40. The summed E-state index contributed by atoms with van der Waals surface area (Å²) in [4.78, 5) is 1.63. The summed E-state index contributed by atoms with van der Waals surface area (Å²) in [5.74, 6) is 3.69. The van der Waals surface area contributed by atoms with E-state index in [2.05, 4.69) is 24.4 Å². The fourth-order valence-electron chi connectivity index (χ4n) is 6.03. The number of rotatable bonds is 3. The highest BCUT2D eigenvalue weighted by atomic mass is 32.1. The fraction of sp³-hybridized carbons (Fsp3) is 0.765. The minimum absolute atomic E-state index is 0.410. The first-order chi connectivity index (χ1) is 9.23. The molecule has 4 unspecified atom stereocenters. The Labute approximate surface area is 120 Å². The van der Waals surface area contributed by atoms with Crippen LogP contribution in [0.5, 0.6) is 0 Å². The Hall–Kier alpha value is -0.340. The van der Waals surface area contributed by atoms with Crippen LogP contribution in [0.15, 0.2) is 17.5 Å². The third kappa shape index (κ3) is 1.69. The lowest BCUT2D eigenvalue weighted by atomic mass is 9.43. The van der Waals surface area contributed by atoms with Crippen molar-refractivity contribution in [2.45, 2.75) is 57.4 Å². The average Bonchev–Trinajstić information content (AvgIpc) is 2.90. The van der Waals surface area contributed by atoms with E-state index in [-0.39, 0.29) is 0 Å². The molecule has 1 aromatic heterocycles. The number of hydrogen-bond acceptors (Lipinski definition) is 2. The van der Waals surface area contributed by atoms with Crippen LogP contribution in [-0.4, -0.2) is 6.04 Å². The molecule has 1 heterocycles. The lowest BCUT2D eigenvalue weighted by Gasteiger charge is -2.63. The SMILES string of the molecule is CCC(N)C12CC3CC(CC(C3)C1c1cccs1)C2. The first kappa shape index (κ1) is 12.4. The van der Waals surface area contributed by atoms with Crippen LogP contribution in [-0.2, 0) is 0 Å². The van der Waals surface area contributed by atoms with E-state index in [4.69, 9.17) is 5.73 Å². The smallest absolute Gasteiger partial charge is 0.00994 e. The maximum absolute atomic E-state index is 6.67. The quantitative estimate of drug-likeness (QED) is 0.869. The van der Waals surface area contributed by atoms with Crippen LogP contribution in [0.1, 0.15) is 56.2 Å². The lowest BCUT2D eigenvalue weighted by Crippen LogP contribution is -2.58. The maximum atomic E-state index is 6.67. The van der Waals surface area contributed by atoms with Crippen LogP contribution in [0.2, 0.25) is 0 Å². The van der Waals surface area contributed by atoms with Gasteiger partial charge in [-0.25, -0.2) is 0 Å². The molecule has 4 bridgehead atoms. The normalized spacial score (nSPS) is 45.6. The zero-order chi connectivity index (χ0) is 13.0. The van der Waals surface area contributed by atoms with Crippen molar-refractivity contribution in [2.75, 3.05) is 0 Å². The molecule has 0 radical (unpaired) electrons. The second kappa shape index (κ2) is 4.33. The second-order valence-electron chi connectivity index (χ2n) is 7.35. The van der Waals surface area contributed by atoms with E-state index in [1.165, 1.54) is 32.1 Å². The molecule has 0 aromatic carbocycles. The molecule has 4 aliphatic rings. The van der Waals surface area contributed by atoms with Crippen molar-refractivity contribution in [3.05, 3.63) is 22.4 Å². The van der Waals surface area contributed by atoms with E-state index in [1.54, 1.807) is 4.88 Å². The zero-order valence-electron chi connectivity index (χ0n) is 11.8. The second-order valence-corrected chi connectivity index (χ2v) is 8.33. The number of nitrogens with two attached hydrogens (primary N) is 1. The van der Waals surface area contributed by atoms with Gasteiger partial charge in [0.1, 0.15) is 0 Å². The molecule has 1 nitrogen and oxygen atoms in total. The molecule has 0 spiro atoms. The first-order valence-electron chi connectivity index (χ1n) is 8.02. The minimum atomic E-state index is 0.410. The van der Waals surface area contributed by atoms with E-state index in [1.807, 2.05) is 11.3 Å². The van der Waals surface area contributed by atoms with E-state index < -0.39 is 0 Å². The largest absolute Gasteiger partial charge is 0.327 e. The molecule has 5 rings (SSSR count). The summed E-state index contributed by atoms with van der Waals surface area (Å²) in [6.45, 7) is 2.29. The lowest BCUT2D eigenvalue weighted by molar-refractivity contribution is -0.0887. The molecule has 2 N–H and O–H groups in total. The van der Waals surface area contributed by atoms with Gasteiger partial charge in [0.15, 0.2) is 0 Å². The van der Waals surface area contributed by atoms with Crippen molar-refractivity contribution in [3.8, 4) is 0 Å². The summed E-state index contributed by atoms with van der Waals surface area (Å²) in [6, 6.07) is 5.02. The van der Waals surface area contributed by atoms with E-state index in [9.17, 15) is 0 Å². The maximum Gasteiger partial charge on any atom is 0.00994 e. The predicted molar refractivity (Wildman–Crippen MR) is 81.3 cm³/mol. The molecular formula is C17H25NS. The molecule has 4 saturated carbocycles. The molecule has 1 aromatic rings. The van der Waals surface area contributed by atoms with Crippen LogP contribution in [0.3, 0.4) is 0 Å². The summed E-state index contributed by atoms with van der Waals surface area (Å²) in [5.41, 5.74) is 7.11. The van der Waals surface area contributed by atoms with Gasteiger partial charge in [0, 0.05) is 16.8 Å². The summed E-state index contributed by atoms with van der Waals surface area (Å²) in [5, 5.41) is 2.26. The van der Waals surface area contributed by atoms with Crippen molar-refractivity contribution in [2.24, 2.45) is 28.9 Å². The van der Waals surface area contributed by atoms with Gasteiger partial charge in [0.25, 0.3) is 0 Å². The topological polar surface area (TPSA) is 26.0 Å². The van der Waals surface area contributed by atoms with Crippen LogP contribution < -0.4 is 5.73 Å². The number of hydrogen-bond donors (Lipinski definition) is 1. The summed E-state index contributed by atoms with van der Waals surface area (Å²) in [7, 11) is 0. The molecule has 2 heteroatoms. The van der Waals surface area contributed by atoms with Crippen LogP contribution in [0.4, 0.5) is 0 Å². The van der Waals surface area contributed by atoms with Gasteiger partial charge < -0.3 is 5.73 Å². The van der Waals surface area contributed by atoms with Crippen LogP contribution in [0.25, 0.3) is 0 Å². The Kier molecular flexibility index (Phi) is 2.82. The van der Waals surface area contributed by atoms with Crippen molar-refractivity contribution in [1.82, 2.24) is 0 Å². The summed E-state index contributed by atoms with van der Waals surface area (Å²) >= 11 is 1.97. The van der Waals surface area contributed by atoms with Gasteiger partial charge in [-0.15, -0.1) is 11.3 Å². The van der Waals surface area contributed by atoms with E-state index in [0.29, 0.717) is 11.5 Å². The van der Waals surface area contributed by atoms with Gasteiger partial charge in [-0.3, -0.25) is 0 Å². The van der Waals surface area contributed by atoms with Crippen molar-refractivity contribution < 1.29 is 0 Å². The minimum Gasteiger partial charge on any atom is -0.327 e. The third-order valence-corrected chi connectivity index (χ3v) is 7.35. The van der Waals surface area contributed by atoms with Gasteiger partial charge in [0.05, 0.1) is 0 Å². The molecule has 4 fully saturated rings. The van der Waals surface area contributed by atoms with E-state index in [0.717, 1.165) is 30.1 Å². The molecule has 4 atom stereocenters. The fourth-order valence-corrected chi connectivity index (χ4v) is 7.07. The van der Waals surface area contributed by atoms with Gasteiger partial charge >= 0.3 is 0 Å². The van der Waals surface area contributed by atoms with Crippen molar-refractivity contribution in [1.29, 1.82) is 0 Å². The Bertz CT molecular complexity index is 438. The molecule has 0 amide bonds. The van der Waals surface area contributed by atoms with Gasteiger partial charge in [-0.1, -0.05) is 13.0 Å². The highest BCUT2D eigenvalue weighted by Crippen LogP contribution is 2.67. The standard InChI is InChI=1S/C17H25NS/c1-2-15(18)17-9-11-6-12(10-17)8-13(7-11)16(17)14-4-3-5-19-14/h3-5,11-13,15-16H,2,6-10,18H2,1H3. The Balaban J connectivity index is 1.79. The van der Waals surface area contributed by atoms with Gasteiger partial charge in [0.2, 0.25) is 0 Å². The monoisotopic (exact) mass is 275 g/mol. The Morgan fingerprint density at radius 1 is 1.32 bits per heavy atom. The zero-order valence-corrected chi connectivity index (χ0v) is 12.7. The number of thiophene rings is 1. The summed E-state index contributed by atoms with van der Waals surface area (Å²) in [6.07, 6.45) is 8.45. The van der Waals surface area contributed by atoms with E-state index >= 15 is 0 Å². The molecular weight excluding hydrogens is 250 g/mol. The van der Waals surface area contributed by atoms with Crippen molar-refractivity contribution in [3.63, 3.8) is 0 Å².